The third-order valence-corrected chi connectivity index (χ3v) is 6.14. The SMILES string of the molecule is O=C(O)c1ccc(S(=O)(=O)NCc2ccc(Cl)s2)c(Br)c1. The molecule has 0 aliphatic heterocycles. The molecule has 0 fully saturated rings. The number of carboxylic acid groups (broad SMARTS) is 1. The van der Waals surface area contributed by atoms with E-state index in [4.69, 9.17) is 16.7 Å². The van der Waals surface area contributed by atoms with Gasteiger partial charge in [0.25, 0.3) is 0 Å². The maximum atomic E-state index is 12.2. The van der Waals surface area contributed by atoms with Crippen LogP contribution in [0.15, 0.2) is 39.7 Å². The molecule has 1 aromatic heterocycles. The molecule has 0 aliphatic rings. The summed E-state index contributed by atoms with van der Waals surface area (Å²) in [6.07, 6.45) is 0. The fourth-order valence-electron chi connectivity index (χ4n) is 1.54. The number of hydrogen-bond donors (Lipinski definition) is 2. The molecule has 0 amide bonds. The molecule has 0 unspecified atom stereocenters. The fourth-order valence-corrected chi connectivity index (χ4v) is 4.74. The van der Waals surface area contributed by atoms with Gasteiger partial charge < -0.3 is 5.11 Å². The molecule has 0 atom stereocenters. The lowest BCUT2D eigenvalue weighted by molar-refractivity contribution is 0.0696. The summed E-state index contributed by atoms with van der Waals surface area (Å²) in [7, 11) is -3.75. The second-order valence-corrected chi connectivity index (χ2v) is 8.37. The monoisotopic (exact) mass is 409 g/mol. The van der Waals surface area contributed by atoms with Crippen molar-refractivity contribution in [1.29, 1.82) is 0 Å². The predicted molar refractivity (Wildman–Crippen MR) is 84.5 cm³/mol. The summed E-state index contributed by atoms with van der Waals surface area (Å²) in [4.78, 5) is 11.6. The summed E-state index contributed by atoms with van der Waals surface area (Å²) in [5.74, 6) is -1.12. The van der Waals surface area contributed by atoms with Crippen molar-refractivity contribution >= 4 is 54.9 Å². The van der Waals surface area contributed by atoms with E-state index in [0.29, 0.717) is 4.34 Å². The lowest BCUT2D eigenvalue weighted by Gasteiger charge is -2.08. The molecule has 0 aliphatic carbocycles. The number of halogens is 2. The first-order valence-corrected chi connectivity index (χ1v) is 9.03. The second-order valence-electron chi connectivity index (χ2n) is 3.98. The minimum atomic E-state index is -3.75. The summed E-state index contributed by atoms with van der Waals surface area (Å²) >= 11 is 10.1. The van der Waals surface area contributed by atoms with Crippen LogP contribution in [0.1, 0.15) is 15.2 Å². The van der Waals surface area contributed by atoms with E-state index >= 15 is 0 Å². The van der Waals surface area contributed by atoms with Crippen LogP contribution in [0.2, 0.25) is 4.34 Å². The summed E-state index contributed by atoms with van der Waals surface area (Å²) in [5.41, 5.74) is 0.00543. The first-order valence-electron chi connectivity index (χ1n) is 5.56. The molecule has 1 aromatic carbocycles. The number of carbonyl (C=O) groups is 1. The largest absolute Gasteiger partial charge is 0.478 e. The zero-order chi connectivity index (χ0) is 15.6. The van der Waals surface area contributed by atoms with Crippen LogP contribution < -0.4 is 4.72 Å². The van der Waals surface area contributed by atoms with Crippen LogP contribution in [0.25, 0.3) is 0 Å². The van der Waals surface area contributed by atoms with Crippen molar-refractivity contribution < 1.29 is 18.3 Å². The van der Waals surface area contributed by atoms with Crippen molar-refractivity contribution in [2.75, 3.05) is 0 Å². The number of aromatic carboxylic acids is 1. The summed E-state index contributed by atoms with van der Waals surface area (Å²) in [6.45, 7) is 0.118. The molecule has 1 heterocycles. The van der Waals surface area contributed by atoms with Crippen molar-refractivity contribution in [2.45, 2.75) is 11.4 Å². The highest BCUT2D eigenvalue weighted by Gasteiger charge is 2.19. The molecule has 2 N–H and O–H groups in total. The topological polar surface area (TPSA) is 83.5 Å². The van der Waals surface area contributed by atoms with Gasteiger partial charge in [-0.15, -0.1) is 11.3 Å². The molecule has 0 saturated carbocycles. The van der Waals surface area contributed by atoms with Crippen LogP contribution in [0, 0.1) is 0 Å². The number of benzene rings is 1. The number of hydrogen-bond acceptors (Lipinski definition) is 4. The van der Waals surface area contributed by atoms with E-state index in [0.717, 1.165) is 4.88 Å². The number of sulfonamides is 1. The highest BCUT2D eigenvalue weighted by atomic mass is 79.9. The van der Waals surface area contributed by atoms with E-state index < -0.39 is 16.0 Å². The molecule has 0 radical (unpaired) electrons. The normalized spacial score (nSPS) is 11.5. The van der Waals surface area contributed by atoms with E-state index in [1.54, 1.807) is 12.1 Å². The molecule has 112 valence electrons. The van der Waals surface area contributed by atoms with Crippen molar-refractivity contribution in [3.63, 3.8) is 0 Å². The fraction of sp³-hybridized carbons (Fsp3) is 0.0833. The minimum Gasteiger partial charge on any atom is -0.478 e. The van der Waals surface area contributed by atoms with Crippen LogP contribution in [0.4, 0.5) is 0 Å². The number of carboxylic acids is 1. The van der Waals surface area contributed by atoms with Gasteiger partial charge in [-0.3, -0.25) is 0 Å². The zero-order valence-corrected chi connectivity index (χ0v) is 14.3. The Balaban J connectivity index is 2.21. The maximum absolute atomic E-state index is 12.2. The summed E-state index contributed by atoms with van der Waals surface area (Å²) in [6, 6.07) is 7.16. The summed E-state index contributed by atoms with van der Waals surface area (Å²) in [5, 5.41) is 8.86. The Kier molecular flexibility index (Phi) is 5.05. The number of nitrogens with one attached hydrogen (secondary N) is 1. The van der Waals surface area contributed by atoms with Crippen molar-refractivity contribution in [3.05, 3.63) is 49.6 Å². The van der Waals surface area contributed by atoms with Gasteiger partial charge in [-0.05, 0) is 46.3 Å². The minimum absolute atomic E-state index is 0.00543. The highest BCUT2D eigenvalue weighted by Crippen LogP contribution is 2.25. The van der Waals surface area contributed by atoms with Crippen LogP contribution in [-0.4, -0.2) is 19.5 Å². The van der Waals surface area contributed by atoms with E-state index in [2.05, 4.69) is 20.7 Å². The molecular formula is C12H9BrClNO4S2. The molecule has 0 bridgehead atoms. The van der Waals surface area contributed by atoms with Crippen molar-refractivity contribution in [1.82, 2.24) is 4.72 Å². The molecule has 2 rings (SSSR count). The molecule has 2 aromatic rings. The van der Waals surface area contributed by atoms with Gasteiger partial charge in [0.1, 0.15) is 0 Å². The van der Waals surface area contributed by atoms with Crippen LogP contribution in [0.3, 0.4) is 0 Å². The van der Waals surface area contributed by atoms with Crippen LogP contribution >= 0.6 is 38.9 Å². The molecular weight excluding hydrogens is 402 g/mol. The Morgan fingerprint density at radius 3 is 2.57 bits per heavy atom. The molecule has 21 heavy (non-hydrogen) atoms. The number of rotatable bonds is 5. The molecule has 9 heteroatoms. The first kappa shape index (κ1) is 16.4. The third-order valence-electron chi connectivity index (χ3n) is 2.53. The van der Waals surface area contributed by atoms with Crippen LogP contribution in [0.5, 0.6) is 0 Å². The van der Waals surface area contributed by atoms with Gasteiger partial charge in [0.05, 0.1) is 14.8 Å². The Labute approximate surface area is 138 Å². The molecule has 0 saturated heterocycles. The van der Waals surface area contributed by atoms with Crippen molar-refractivity contribution in [2.24, 2.45) is 0 Å². The molecule has 5 nitrogen and oxygen atoms in total. The van der Waals surface area contributed by atoms with Gasteiger partial charge in [-0.2, -0.15) is 0 Å². The maximum Gasteiger partial charge on any atom is 0.335 e. The van der Waals surface area contributed by atoms with Crippen molar-refractivity contribution in [3.8, 4) is 0 Å². The quantitative estimate of drug-likeness (QED) is 0.792. The van der Waals surface area contributed by atoms with Gasteiger partial charge in [0.2, 0.25) is 10.0 Å². The van der Waals surface area contributed by atoms with Gasteiger partial charge >= 0.3 is 5.97 Å². The molecule has 0 spiro atoms. The second kappa shape index (κ2) is 6.45. The first-order chi connectivity index (χ1) is 9.79. The van der Waals surface area contributed by atoms with E-state index in [1.165, 1.54) is 29.5 Å². The van der Waals surface area contributed by atoms with Gasteiger partial charge in [-0.1, -0.05) is 11.6 Å². The average Bonchev–Trinajstić information content (AvgIpc) is 2.82. The van der Waals surface area contributed by atoms with E-state index in [-0.39, 0.29) is 21.5 Å². The standard InChI is InChI=1S/C12H9BrClNO4S2/c13-9-5-7(12(16)17)1-3-10(9)21(18,19)15-6-8-2-4-11(14)20-8/h1-5,15H,6H2,(H,16,17). The van der Waals surface area contributed by atoms with Crippen LogP contribution in [-0.2, 0) is 16.6 Å². The zero-order valence-electron chi connectivity index (χ0n) is 10.3. The lowest BCUT2D eigenvalue weighted by atomic mass is 10.2. The number of thiophene rings is 1. The Bertz CT molecular complexity index is 788. The lowest BCUT2D eigenvalue weighted by Crippen LogP contribution is -2.23. The predicted octanol–water partition coefficient (Wildman–Crippen LogP) is 3.34. The highest BCUT2D eigenvalue weighted by molar-refractivity contribution is 9.10. The third kappa shape index (κ3) is 4.04. The van der Waals surface area contributed by atoms with E-state index in [9.17, 15) is 13.2 Å². The Morgan fingerprint density at radius 1 is 1.33 bits per heavy atom. The van der Waals surface area contributed by atoms with E-state index in [1.807, 2.05) is 0 Å². The van der Waals surface area contributed by atoms with Gasteiger partial charge in [0, 0.05) is 15.9 Å². The van der Waals surface area contributed by atoms with Gasteiger partial charge in [-0.25, -0.2) is 17.9 Å². The van der Waals surface area contributed by atoms with Gasteiger partial charge in [0.15, 0.2) is 0 Å². The average molecular weight is 411 g/mol. The summed E-state index contributed by atoms with van der Waals surface area (Å²) < 4.78 is 27.6. The Morgan fingerprint density at radius 2 is 2.05 bits per heavy atom. The Hall–Kier alpha value is -0.930. The smallest absolute Gasteiger partial charge is 0.335 e.